The molecule has 0 aliphatic heterocycles. The van der Waals surface area contributed by atoms with Crippen LogP contribution < -0.4 is 10.5 Å². The van der Waals surface area contributed by atoms with Crippen LogP contribution in [-0.2, 0) is 9.53 Å². The van der Waals surface area contributed by atoms with Crippen molar-refractivity contribution in [3.63, 3.8) is 0 Å². The van der Waals surface area contributed by atoms with Crippen molar-refractivity contribution in [1.29, 1.82) is 0 Å². The van der Waals surface area contributed by atoms with Crippen molar-refractivity contribution in [2.24, 2.45) is 5.73 Å². The van der Waals surface area contributed by atoms with Gasteiger partial charge in [-0.2, -0.15) is 4.39 Å². The van der Waals surface area contributed by atoms with Crippen LogP contribution >= 0.6 is 0 Å². The molecule has 0 saturated heterocycles. The summed E-state index contributed by atoms with van der Waals surface area (Å²) in [4.78, 5) is 11.1. The number of carbonyl (C=O) groups is 1. The monoisotopic (exact) mass is 231 g/mol. The Balaban J connectivity index is 2.86. The van der Waals surface area contributed by atoms with E-state index in [0.29, 0.717) is 0 Å². The van der Waals surface area contributed by atoms with E-state index in [0.717, 1.165) is 13.2 Å². The van der Waals surface area contributed by atoms with Crippen LogP contribution in [0.2, 0.25) is 0 Å². The van der Waals surface area contributed by atoms with Gasteiger partial charge in [0.05, 0.1) is 7.11 Å². The highest BCUT2D eigenvalue weighted by Crippen LogP contribution is 2.20. The number of hydrogen-bond acceptors (Lipinski definition) is 4. The molecule has 0 radical (unpaired) electrons. The van der Waals surface area contributed by atoms with Gasteiger partial charge in [-0.3, -0.25) is 0 Å². The first-order chi connectivity index (χ1) is 7.60. The molecule has 16 heavy (non-hydrogen) atoms. The fraction of sp³-hybridized carbons (Fsp3) is 0.300. The van der Waals surface area contributed by atoms with Crippen molar-refractivity contribution in [1.82, 2.24) is 0 Å². The third-order valence-corrected chi connectivity index (χ3v) is 1.86. The summed E-state index contributed by atoms with van der Waals surface area (Å²) in [6, 6.07) is 3.40. The van der Waals surface area contributed by atoms with Crippen LogP contribution in [0.4, 0.5) is 8.78 Å². The third kappa shape index (κ3) is 2.66. The van der Waals surface area contributed by atoms with Crippen LogP contribution in [0.1, 0.15) is 0 Å². The zero-order valence-electron chi connectivity index (χ0n) is 8.57. The van der Waals surface area contributed by atoms with Crippen LogP contribution in [0.5, 0.6) is 5.75 Å². The number of hydrogen-bond donors (Lipinski definition) is 1. The van der Waals surface area contributed by atoms with Crippen molar-refractivity contribution >= 4 is 5.97 Å². The van der Waals surface area contributed by atoms with Crippen molar-refractivity contribution < 1.29 is 23.0 Å². The van der Waals surface area contributed by atoms with Gasteiger partial charge in [0.15, 0.2) is 11.6 Å². The molecule has 1 unspecified atom stereocenters. The van der Waals surface area contributed by atoms with Gasteiger partial charge in [0, 0.05) is 6.54 Å². The molecule has 1 aromatic carbocycles. The molecule has 0 heterocycles. The number of nitrogens with two attached hydrogens (primary N) is 1. The second kappa shape index (κ2) is 5.41. The molecule has 1 rings (SSSR count). The number of rotatable bonds is 4. The number of halogens is 2. The van der Waals surface area contributed by atoms with Gasteiger partial charge in [-0.05, 0) is 12.1 Å². The molecule has 4 nitrogen and oxygen atoms in total. The minimum Gasteiger partial charge on any atom is -0.474 e. The van der Waals surface area contributed by atoms with Gasteiger partial charge in [-0.15, -0.1) is 0 Å². The summed E-state index contributed by atoms with van der Waals surface area (Å²) in [5, 5.41) is 0. The second-order valence-electron chi connectivity index (χ2n) is 2.92. The zero-order valence-corrected chi connectivity index (χ0v) is 8.57. The molecular formula is C10H11F2NO3. The summed E-state index contributed by atoms with van der Waals surface area (Å²) < 4.78 is 35.3. The van der Waals surface area contributed by atoms with Crippen LogP contribution in [-0.4, -0.2) is 25.7 Å². The van der Waals surface area contributed by atoms with E-state index in [9.17, 15) is 13.6 Å². The largest absolute Gasteiger partial charge is 0.474 e. The molecule has 0 aliphatic carbocycles. The number of methoxy groups -OCH3 is 1. The Bertz CT molecular complexity index is 384. The lowest BCUT2D eigenvalue weighted by atomic mass is 10.3. The number of benzene rings is 1. The molecule has 1 aromatic rings. The Hall–Kier alpha value is -1.69. The molecule has 0 aliphatic rings. The highest BCUT2D eigenvalue weighted by molar-refractivity contribution is 5.75. The normalized spacial score (nSPS) is 12.0. The molecule has 6 heteroatoms. The molecule has 0 aromatic heterocycles. The van der Waals surface area contributed by atoms with Gasteiger partial charge in [0.1, 0.15) is 0 Å². The Kier molecular flexibility index (Phi) is 4.19. The summed E-state index contributed by atoms with van der Waals surface area (Å²) in [7, 11) is 1.15. The van der Waals surface area contributed by atoms with Crippen molar-refractivity contribution in [2.45, 2.75) is 6.10 Å². The third-order valence-electron chi connectivity index (χ3n) is 1.86. The Morgan fingerprint density at radius 1 is 1.50 bits per heavy atom. The van der Waals surface area contributed by atoms with Gasteiger partial charge in [0.2, 0.25) is 11.9 Å². The maximum atomic E-state index is 13.2. The molecule has 2 N–H and O–H groups in total. The predicted molar refractivity (Wildman–Crippen MR) is 51.8 cm³/mol. The van der Waals surface area contributed by atoms with E-state index < -0.39 is 23.7 Å². The zero-order chi connectivity index (χ0) is 12.1. The minimum atomic E-state index is -1.16. The first-order valence-corrected chi connectivity index (χ1v) is 4.48. The molecule has 88 valence electrons. The fourth-order valence-electron chi connectivity index (χ4n) is 1.05. The average Bonchev–Trinajstić information content (AvgIpc) is 2.30. The van der Waals surface area contributed by atoms with E-state index in [1.165, 1.54) is 12.1 Å². The van der Waals surface area contributed by atoms with Gasteiger partial charge >= 0.3 is 5.97 Å². The lowest BCUT2D eigenvalue weighted by Crippen LogP contribution is -2.36. The number of esters is 1. The SMILES string of the molecule is COC(=O)C(CN)Oc1cccc(F)c1F. The Morgan fingerprint density at radius 2 is 2.19 bits per heavy atom. The van der Waals surface area contributed by atoms with Crippen LogP contribution in [0.3, 0.4) is 0 Å². The lowest BCUT2D eigenvalue weighted by Gasteiger charge is -2.15. The summed E-state index contributed by atoms with van der Waals surface area (Å²) >= 11 is 0. The first-order valence-electron chi connectivity index (χ1n) is 4.48. The van der Waals surface area contributed by atoms with Crippen LogP contribution in [0.25, 0.3) is 0 Å². The Labute approximate surface area is 91.0 Å². The summed E-state index contributed by atoms with van der Waals surface area (Å²) in [5.74, 6) is -3.34. The van der Waals surface area contributed by atoms with Gasteiger partial charge in [0.25, 0.3) is 0 Å². The quantitative estimate of drug-likeness (QED) is 0.780. The van der Waals surface area contributed by atoms with Crippen molar-refractivity contribution in [3.05, 3.63) is 29.8 Å². The molecular weight excluding hydrogens is 220 g/mol. The topological polar surface area (TPSA) is 61.5 Å². The van der Waals surface area contributed by atoms with Crippen LogP contribution in [0.15, 0.2) is 18.2 Å². The average molecular weight is 231 g/mol. The maximum Gasteiger partial charge on any atom is 0.348 e. The van der Waals surface area contributed by atoms with E-state index >= 15 is 0 Å². The van der Waals surface area contributed by atoms with Crippen LogP contribution in [0, 0.1) is 11.6 Å². The van der Waals surface area contributed by atoms with Gasteiger partial charge < -0.3 is 15.2 Å². The maximum absolute atomic E-state index is 13.2. The summed E-state index contributed by atoms with van der Waals surface area (Å²) in [6.45, 7) is -0.192. The summed E-state index contributed by atoms with van der Waals surface area (Å²) in [5.41, 5.74) is 5.24. The molecule has 1 atom stereocenters. The smallest absolute Gasteiger partial charge is 0.348 e. The molecule has 0 fully saturated rings. The van der Waals surface area contributed by atoms with Crippen molar-refractivity contribution in [3.8, 4) is 5.75 Å². The fourth-order valence-corrected chi connectivity index (χ4v) is 1.05. The van der Waals surface area contributed by atoms with Gasteiger partial charge in [-0.1, -0.05) is 6.07 Å². The highest BCUT2D eigenvalue weighted by Gasteiger charge is 2.21. The molecule has 0 bridgehead atoms. The van der Waals surface area contributed by atoms with E-state index in [-0.39, 0.29) is 12.3 Å². The minimum absolute atomic E-state index is 0.192. The number of ether oxygens (including phenoxy) is 2. The van der Waals surface area contributed by atoms with E-state index in [1.54, 1.807) is 0 Å². The van der Waals surface area contributed by atoms with Gasteiger partial charge in [-0.25, -0.2) is 9.18 Å². The highest BCUT2D eigenvalue weighted by atomic mass is 19.2. The van der Waals surface area contributed by atoms with Crippen molar-refractivity contribution in [2.75, 3.05) is 13.7 Å². The summed E-state index contributed by atoms with van der Waals surface area (Å²) in [6.07, 6.45) is -1.15. The Morgan fingerprint density at radius 3 is 2.75 bits per heavy atom. The molecule has 0 spiro atoms. The molecule has 0 amide bonds. The van der Waals surface area contributed by atoms with E-state index in [4.69, 9.17) is 10.5 Å². The first kappa shape index (κ1) is 12.4. The second-order valence-corrected chi connectivity index (χ2v) is 2.92. The lowest BCUT2D eigenvalue weighted by molar-refractivity contribution is -0.148. The predicted octanol–water partition coefficient (Wildman–Crippen LogP) is 0.844. The molecule has 0 saturated carbocycles. The van der Waals surface area contributed by atoms with E-state index in [1.807, 2.05) is 0 Å². The van der Waals surface area contributed by atoms with E-state index in [2.05, 4.69) is 4.74 Å². The standard InChI is InChI=1S/C10H11F2NO3/c1-15-10(14)8(5-13)16-7-4-2-3-6(11)9(7)12/h2-4,8H,5,13H2,1H3. The number of carbonyl (C=O) groups excluding carboxylic acids is 1.